The highest BCUT2D eigenvalue weighted by Gasteiger charge is 2.38. The zero-order valence-corrected chi connectivity index (χ0v) is 18.2. The van der Waals surface area contributed by atoms with Crippen LogP contribution in [0.1, 0.15) is 28.2 Å². The van der Waals surface area contributed by atoms with Gasteiger partial charge in [-0.15, -0.1) is 0 Å². The molecule has 9 nitrogen and oxygen atoms in total. The molecule has 4 rings (SSSR count). The molecule has 0 saturated carbocycles. The SMILES string of the molecule is Cc1nc(-c2cc(-c3cncc(C(=O)N4CCC(=O)C4)c3)ccn2)[nH]c1C.O=C(O)C(F)(F)F. The maximum atomic E-state index is 12.6. The Labute approximate surface area is 191 Å². The van der Waals surface area contributed by atoms with Crippen LogP contribution in [0.5, 0.6) is 0 Å². The summed E-state index contributed by atoms with van der Waals surface area (Å²) in [5.74, 6) is -2.12. The predicted molar refractivity (Wildman–Crippen MR) is 114 cm³/mol. The van der Waals surface area contributed by atoms with E-state index in [4.69, 9.17) is 9.90 Å². The smallest absolute Gasteiger partial charge is 0.475 e. The second kappa shape index (κ2) is 9.81. The first-order valence-corrected chi connectivity index (χ1v) is 10.0. The molecule has 1 aliphatic heterocycles. The summed E-state index contributed by atoms with van der Waals surface area (Å²) in [4.78, 5) is 50.9. The van der Waals surface area contributed by atoms with Crippen molar-refractivity contribution in [2.45, 2.75) is 26.4 Å². The predicted octanol–water partition coefficient (Wildman–Crippen LogP) is 3.20. The fourth-order valence-corrected chi connectivity index (χ4v) is 3.11. The number of alkyl halides is 3. The number of hydrogen-bond donors (Lipinski definition) is 2. The van der Waals surface area contributed by atoms with E-state index in [-0.39, 0.29) is 18.2 Å². The number of aromatic amines is 1. The Hall–Kier alpha value is -4.09. The molecule has 0 bridgehead atoms. The van der Waals surface area contributed by atoms with Gasteiger partial charge in [0.25, 0.3) is 5.91 Å². The summed E-state index contributed by atoms with van der Waals surface area (Å²) < 4.78 is 31.7. The molecular weight excluding hydrogens is 455 g/mol. The van der Waals surface area contributed by atoms with Crippen LogP contribution >= 0.6 is 0 Å². The number of ketones is 1. The number of hydrogen-bond acceptors (Lipinski definition) is 6. The van der Waals surface area contributed by atoms with Crippen LogP contribution in [0.15, 0.2) is 36.8 Å². The molecule has 0 aromatic carbocycles. The summed E-state index contributed by atoms with van der Waals surface area (Å²) >= 11 is 0. The average molecular weight is 475 g/mol. The zero-order valence-electron chi connectivity index (χ0n) is 18.2. The van der Waals surface area contributed by atoms with Crippen LogP contribution < -0.4 is 0 Å². The van der Waals surface area contributed by atoms with E-state index in [1.807, 2.05) is 26.0 Å². The Balaban J connectivity index is 0.000000406. The number of aryl methyl sites for hydroxylation is 2. The molecule has 3 aromatic rings. The molecular formula is C22H20F3N5O4. The number of aliphatic carboxylic acids is 1. The highest BCUT2D eigenvalue weighted by molar-refractivity contribution is 5.99. The molecule has 1 fully saturated rings. The zero-order chi connectivity index (χ0) is 25.0. The van der Waals surface area contributed by atoms with Crippen molar-refractivity contribution in [1.29, 1.82) is 0 Å². The second-order valence-corrected chi connectivity index (χ2v) is 7.51. The van der Waals surface area contributed by atoms with E-state index in [0.717, 1.165) is 28.2 Å². The molecule has 12 heteroatoms. The molecule has 1 amide bonds. The van der Waals surface area contributed by atoms with E-state index < -0.39 is 12.1 Å². The molecule has 0 unspecified atom stereocenters. The van der Waals surface area contributed by atoms with Gasteiger partial charge in [-0.1, -0.05) is 0 Å². The number of Topliss-reactive ketones (excluding diaryl/α,β-unsaturated/α-hetero) is 1. The Morgan fingerprint density at radius 3 is 2.41 bits per heavy atom. The van der Waals surface area contributed by atoms with Crippen LogP contribution in [0.2, 0.25) is 0 Å². The van der Waals surface area contributed by atoms with Gasteiger partial charge in [0, 0.05) is 42.8 Å². The Kier molecular flexibility index (Phi) is 7.08. The topological polar surface area (TPSA) is 129 Å². The minimum atomic E-state index is -5.08. The molecule has 2 N–H and O–H groups in total. The fraction of sp³-hybridized carbons (Fsp3) is 0.273. The van der Waals surface area contributed by atoms with E-state index in [0.29, 0.717) is 24.4 Å². The van der Waals surface area contributed by atoms with Gasteiger partial charge >= 0.3 is 12.1 Å². The largest absolute Gasteiger partial charge is 0.490 e. The van der Waals surface area contributed by atoms with Gasteiger partial charge in [-0.2, -0.15) is 13.2 Å². The lowest BCUT2D eigenvalue weighted by Crippen LogP contribution is -2.28. The van der Waals surface area contributed by atoms with E-state index in [1.165, 1.54) is 6.20 Å². The minimum Gasteiger partial charge on any atom is -0.475 e. The van der Waals surface area contributed by atoms with E-state index in [2.05, 4.69) is 19.9 Å². The molecule has 34 heavy (non-hydrogen) atoms. The number of H-pyrrole nitrogens is 1. The normalized spacial score (nSPS) is 13.4. The van der Waals surface area contributed by atoms with Crippen molar-refractivity contribution < 1.29 is 32.7 Å². The standard InChI is InChI=1S/C20H19N5O2.C2HF3O2/c1-12-13(2)24-19(23-12)18-8-14(3-5-22-18)15-7-16(10-21-9-15)20(27)25-6-4-17(26)11-25;3-2(4,5)1(6)7/h3,5,7-10H,4,6,11H2,1-2H3,(H,23,24);(H,6,7). The van der Waals surface area contributed by atoms with Crippen LogP contribution in [0.25, 0.3) is 22.6 Å². The monoisotopic (exact) mass is 475 g/mol. The third-order valence-electron chi connectivity index (χ3n) is 5.01. The van der Waals surface area contributed by atoms with Crippen molar-refractivity contribution in [1.82, 2.24) is 24.8 Å². The van der Waals surface area contributed by atoms with Crippen molar-refractivity contribution in [2.75, 3.05) is 13.1 Å². The number of nitrogens with zero attached hydrogens (tertiary/aromatic N) is 4. The molecule has 1 aliphatic rings. The summed E-state index contributed by atoms with van der Waals surface area (Å²) in [6.07, 6.45) is 0.305. The third-order valence-corrected chi connectivity index (χ3v) is 5.01. The van der Waals surface area contributed by atoms with Gasteiger partial charge in [-0.05, 0) is 37.6 Å². The van der Waals surface area contributed by atoms with Crippen LogP contribution in [0, 0.1) is 13.8 Å². The van der Waals surface area contributed by atoms with Gasteiger partial charge in [-0.25, -0.2) is 9.78 Å². The minimum absolute atomic E-state index is 0.0928. The number of aromatic nitrogens is 4. The van der Waals surface area contributed by atoms with Crippen molar-refractivity contribution in [3.63, 3.8) is 0 Å². The van der Waals surface area contributed by atoms with Crippen LogP contribution in [-0.2, 0) is 9.59 Å². The average Bonchev–Trinajstić information content (AvgIpc) is 3.38. The number of carboxylic acids is 1. The number of halogens is 3. The van der Waals surface area contributed by atoms with Gasteiger partial charge in [0.1, 0.15) is 5.69 Å². The molecule has 178 valence electrons. The number of carbonyl (C=O) groups excluding carboxylic acids is 2. The van der Waals surface area contributed by atoms with Crippen molar-refractivity contribution in [2.24, 2.45) is 0 Å². The molecule has 1 saturated heterocycles. The summed E-state index contributed by atoms with van der Waals surface area (Å²) in [5.41, 5.74) is 4.86. The number of rotatable bonds is 3. The van der Waals surface area contributed by atoms with Gasteiger partial charge in [0.2, 0.25) is 0 Å². The first-order chi connectivity index (χ1) is 16.0. The maximum Gasteiger partial charge on any atom is 0.490 e. The first kappa shape index (κ1) is 24.6. The lowest BCUT2D eigenvalue weighted by molar-refractivity contribution is -0.192. The van der Waals surface area contributed by atoms with Crippen molar-refractivity contribution >= 4 is 17.7 Å². The second-order valence-electron chi connectivity index (χ2n) is 7.51. The number of imidazole rings is 1. The molecule has 0 spiro atoms. The summed E-state index contributed by atoms with van der Waals surface area (Å²) in [6.45, 7) is 4.57. The lowest BCUT2D eigenvalue weighted by atomic mass is 10.1. The third kappa shape index (κ3) is 5.82. The number of likely N-dealkylation sites (tertiary alicyclic amines) is 1. The Morgan fingerprint density at radius 2 is 1.85 bits per heavy atom. The highest BCUT2D eigenvalue weighted by Crippen LogP contribution is 2.24. The van der Waals surface area contributed by atoms with Crippen LogP contribution in [-0.4, -0.2) is 66.9 Å². The van der Waals surface area contributed by atoms with E-state index in [1.54, 1.807) is 23.4 Å². The molecule has 0 atom stereocenters. The van der Waals surface area contributed by atoms with Gasteiger partial charge in [0.05, 0.1) is 17.8 Å². The van der Waals surface area contributed by atoms with Gasteiger partial charge < -0.3 is 15.0 Å². The first-order valence-electron chi connectivity index (χ1n) is 10.0. The van der Waals surface area contributed by atoms with Gasteiger partial charge in [0.15, 0.2) is 11.6 Å². The lowest BCUT2D eigenvalue weighted by Gasteiger charge is -2.14. The number of carbonyl (C=O) groups is 3. The molecule has 0 aliphatic carbocycles. The molecule has 3 aromatic heterocycles. The van der Waals surface area contributed by atoms with Crippen LogP contribution in [0.3, 0.4) is 0 Å². The Morgan fingerprint density at radius 1 is 1.15 bits per heavy atom. The quantitative estimate of drug-likeness (QED) is 0.595. The summed E-state index contributed by atoms with van der Waals surface area (Å²) in [7, 11) is 0. The van der Waals surface area contributed by atoms with Crippen LogP contribution in [0.4, 0.5) is 13.2 Å². The number of amides is 1. The number of nitrogens with one attached hydrogen (secondary N) is 1. The summed E-state index contributed by atoms with van der Waals surface area (Å²) in [5, 5.41) is 7.12. The van der Waals surface area contributed by atoms with Crippen molar-refractivity contribution in [3.05, 3.63) is 53.7 Å². The highest BCUT2D eigenvalue weighted by atomic mass is 19.4. The number of carboxylic acid groups (broad SMARTS) is 1. The maximum absolute atomic E-state index is 12.6. The van der Waals surface area contributed by atoms with E-state index >= 15 is 0 Å². The Bertz CT molecular complexity index is 1220. The molecule has 0 radical (unpaired) electrons. The fourth-order valence-electron chi connectivity index (χ4n) is 3.11. The summed E-state index contributed by atoms with van der Waals surface area (Å²) in [6, 6.07) is 5.59. The van der Waals surface area contributed by atoms with E-state index in [9.17, 15) is 22.8 Å². The molecule has 4 heterocycles. The van der Waals surface area contributed by atoms with Crippen molar-refractivity contribution in [3.8, 4) is 22.6 Å². The van der Waals surface area contributed by atoms with Gasteiger partial charge in [-0.3, -0.25) is 19.6 Å². The number of pyridine rings is 2.